The van der Waals surface area contributed by atoms with Gasteiger partial charge in [0, 0.05) is 18.9 Å². The van der Waals surface area contributed by atoms with Gasteiger partial charge in [-0.25, -0.2) is 4.98 Å². The van der Waals surface area contributed by atoms with Crippen molar-refractivity contribution in [2.75, 3.05) is 5.32 Å². The maximum Gasteiger partial charge on any atom is 0.184 e. The molecule has 1 N–H and O–H groups in total. The lowest BCUT2D eigenvalue weighted by Crippen LogP contribution is -2.00. The van der Waals surface area contributed by atoms with Crippen molar-refractivity contribution in [3.8, 4) is 0 Å². The molecule has 5 heteroatoms. The number of anilines is 1. The lowest BCUT2D eigenvalue weighted by atomic mass is 10.2. The van der Waals surface area contributed by atoms with E-state index in [-0.39, 0.29) is 0 Å². The van der Waals surface area contributed by atoms with Gasteiger partial charge in [-0.1, -0.05) is 29.0 Å². The lowest BCUT2D eigenvalue weighted by molar-refractivity contribution is 1.09. The van der Waals surface area contributed by atoms with E-state index in [0.29, 0.717) is 0 Å². The quantitative estimate of drug-likeness (QED) is 0.782. The van der Waals surface area contributed by atoms with Crippen molar-refractivity contribution in [2.24, 2.45) is 0 Å². The summed E-state index contributed by atoms with van der Waals surface area (Å²) < 4.78 is 1.03. The minimum absolute atomic E-state index is 0.742. The first-order valence-corrected chi connectivity index (χ1v) is 7.12. The molecule has 0 amide bonds. The highest BCUT2D eigenvalue weighted by atomic mass is 35.5. The molecular formula is C14H12ClN3S. The van der Waals surface area contributed by atoms with E-state index in [2.05, 4.69) is 22.2 Å². The standard InChI is InChI=1S/C14H12ClN3S/c1-9-7-16-6-5-10(9)8-17-14-18-12-4-2-3-11(15)13(12)19-14/h2-7H,8H2,1H3,(H,17,18). The maximum absolute atomic E-state index is 6.15. The normalized spacial score (nSPS) is 10.8. The van der Waals surface area contributed by atoms with Crippen LogP contribution in [0.4, 0.5) is 5.13 Å². The van der Waals surface area contributed by atoms with E-state index in [1.165, 1.54) is 11.1 Å². The smallest absolute Gasteiger partial charge is 0.184 e. The van der Waals surface area contributed by atoms with Crippen molar-refractivity contribution in [2.45, 2.75) is 13.5 Å². The largest absolute Gasteiger partial charge is 0.357 e. The van der Waals surface area contributed by atoms with Crippen molar-refractivity contribution in [1.82, 2.24) is 9.97 Å². The topological polar surface area (TPSA) is 37.8 Å². The molecule has 2 heterocycles. The molecule has 3 nitrogen and oxygen atoms in total. The monoisotopic (exact) mass is 289 g/mol. The van der Waals surface area contributed by atoms with Gasteiger partial charge in [-0.05, 0) is 36.2 Å². The highest BCUT2D eigenvalue weighted by Gasteiger charge is 2.06. The minimum atomic E-state index is 0.742. The Morgan fingerprint density at radius 2 is 2.21 bits per heavy atom. The van der Waals surface area contributed by atoms with Gasteiger partial charge in [-0.2, -0.15) is 0 Å². The summed E-state index contributed by atoms with van der Waals surface area (Å²) in [5, 5.41) is 4.98. The molecule has 0 radical (unpaired) electrons. The summed E-state index contributed by atoms with van der Waals surface area (Å²) in [5.41, 5.74) is 3.33. The van der Waals surface area contributed by atoms with Crippen molar-refractivity contribution in [3.05, 3.63) is 52.8 Å². The summed E-state index contributed by atoms with van der Waals surface area (Å²) >= 11 is 7.73. The molecule has 0 bridgehead atoms. The summed E-state index contributed by atoms with van der Waals surface area (Å²) in [4.78, 5) is 8.61. The van der Waals surface area contributed by atoms with Crippen LogP contribution in [0.3, 0.4) is 0 Å². The molecule has 0 aliphatic heterocycles. The first-order valence-electron chi connectivity index (χ1n) is 5.92. The fourth-order valence-electron chi connectivity index (χ4n) is 1.86. The van der Waals surface area contributed by atoms with Gasteiger partial charge in [0.2, 0.25) is 0 Å². The number of benzene rings is 1. The highest BCUT2D eigenvalue weighted by molar-refractivity contribution is 7.22. The third-order valence-corrected chi connectivity index (χ3v) is 4.42. The van der Waals surface area contributed by atoms with E-state index in [9.17, 15) is 0 Å². The molecule has 0 aliphatic carbocycles. The molecular weight excluding hydrogens is 278 g/mol. The van der Waals surface area contributed by atoms with Crippen LogP contribution in [0.5, 0.6) is 0 Å². The number of halogens is 1. The molecule has 0 unspecified atom stereocenters. The Kier molecular flexibility index (Phi) is 3.36. The number of aryl methyl sites for hydroxylation is 1. The van der Waals surface area contributed by atoms with Gasteiger partial charge < -0.3 is 5.32 Å². The van der Waals surface area contributed by atoms with Crippen molar-refractivity contribution in [3.63, 3.8) is 0 Å². The molecule has 0 saturated heterocycles. The van der Waals surface area contributed by atoms with Crippen LogP contribution in [0.1, 0.15) is 11.1 Å². The number of fused-ring (bicyclic) bond motifs is 1. The average Bonchev–Trinajstić information content (AvgIpc) is 2.82. The zero-order chi connectivity index (χ0) is 13.2. The van der Waals surface area contributed by atoms with Crippen LogP contribution in [0.2, 0.25) is 5.02 Å². The molecule has 96 valence electrons. The van der Waals surface area contributed by atoms with E-state index in [1.54, 1.807) is 17.5 Å². The van der Waals surface area contributed by atoms with Crippen LogP contribution in [0.15, 0.2) is 36.7 Å². The Labute approximate surface area is 120 Å². The van der Waals surface area contributed by atoms with E-state index in [1.807, 2.05) is 30.5 Å². The SMILES string of the molecule is Cc1cnccc1CNc1nc2cccc(Cl)c2s1. The molecule has 0 atom stereocenters. The van der Waals surface area contributed by atoms with Gasteiger partial charge in [0.05, 0.1) is 15.2 Å². The number of thiazole rings is 1. The second kappa shape index (κ2) is 5.15. The number of aromatic nitrogens is 2. The molecule has 0 spiro atoms. The first kappa shape index (κ1) is 12.4. The first-order chi connectivity index (χ1) is 9.24. The zero-order valence-corrected chi connectivity index (χ0v) is 11.9. The zero-order valence-electron chi connectivity index (χ0n) is 10.4. The third kappa shape index (κ3) is 2.55. The summed E-state index contributed by atoms with van der Waals surface area (Å²) in [7, 11) is 0. The van der Waals surface area contributed by atoms with Gasteiger partial charge in [-0.3, -0.25) is 4.98 Å². The predicted octanol–water partition coefficient (Wildman–Crippen LogP) is 4.27. The van der Waals surface area contributed by atoms with Crippen LogP contribution in [-0.2, 0) is 6.54 Å². The van der Waals surface area contributed by atoms with Gasteiger partial charge in [-0.15, -0.1) is 0 Å². The van der Waals surface area contributed by atoms with Gasteiger partial charge in [0.1, 0.15) is 0 Å². The fourth-order valence-corrected chi connectivity index (χ4v) is 3.01. The summed E-state index contributed by atoms with van der Waals surface area (Å²) in [6.45, 7) is 2.80. The van der Waals surface area contributed by atoms with E-state index in [4.69, 9.17) is 11.6 Å². The number of hydrogen-bond acceptors (Lipinski definition) is 4. The highest BCUT2D eigenvalue weighted by Crippen LogP contribution is 2.31. The van der Waals surface area contributed by atoms with E-state index in [0.717, 1.165) is 26.9 Å². The molecule has 3 aromatic rings. The molecule has 0 fully saturated rings. The number of nitrogens with zero attached hydrogens (tertiary/aromatic N) is 2. The fraction of sp³-hybridized carbons (Fsp3) is 0.143. The summed E-state index contributed by atoms with van der Waals surface area (Å²) in [6, 6.07) is 7.79. The molecule has 1 aromatic carbocycles. The molecule has 0 saturated carbocycles. The van der Waals surface area contributed by atoms with Gasteiger partial charge in [0.25, 0.3) is 0 Å². The van der Waals surface area contributed by atoms with Crippen LogP contribution < -0.4 is 5.32 Å². The Bertz CT molecular complexity index is 724. The summed E-state index contributed by atoms with van der Waals surface area (Å²) in [6.07, 6.45) is 3.67. The molecule has 3 rings (SSSR count). The van der Waals surface area contributed by atoms with Crippen LogP contribution >= 0.6 is 22.9 Å². The molecule has 19 heavy (non-hydrogen) atoms. The van der Waals surface area contributed by atoms with Crippen LogP contribution in [-0.4, -0.2) is 9.97 Å². The number of hydrogen-bond donors (Lipinski definition) is 1. The minimum Gasteiger partial charge on any atom is -0.357 e. The average molecular weight is 290 g/mol. The van der Waals surface area contributed by atoms with E-state index < -0.39 is 0 Å². The Morgan fingerprint density at radius 1 is 1.32 bits per heavy atom. The maximum atomic E-state index is 6.15. The van der Waals surface area contributed by atoms with Gasteiger partial charge >= 0.3 is 0 Å². The number of pyridine rings is 1. The lowest BCUT2D eigenvalue weighted by Gasteiger charge is -2.05. The predicted molar refractivity (Wildman–Crippen MR) is 80.9 cm³/mol. The third-order valence-electron chi connectivity index (χ3n) is 2.93. The second-order valence-corrected chi connectivity index (χ2v) is 5.67. The van der Waals surface area contributed by atoms with E-state index >= 15 is 0 Å². The molecule has 0 aliphatic rings. The summed E-state index contributed by atoms with van der Waals surface area (Å²) in [5.74, 6) is 0. The van der Waals surface area contributed by atoms with Crippen molar-refractivity contribution in [1.29, 1.82) is 0 Å². The van der Waals surface area contributed by atoms with Crippen LogP contribution in [0, 0.1) is 6.92 Å². The van der Waals surface area contributed by atoms with Crippen molar-refractivity contribution < 1.29 is 0 Å². The number of rotatable bonds is 3. The second-order valence-electron chi connectivity index (χ2n) is 4.26. The number of nitrogens with one attached hydrogen (secondary N) is 1. The Hall–Kier alpha value is -1.65. The Morgan fingerprint density at radius 3 is 3.00 bits per heavy atom. The van der Waals surface area contributed by atoms with Gasteiger partial charge in [0.15, 0.2) is 5.13 Å². The molecule has 2 aromatic heterocycles. The van der Waals surface area contributed by atoms with Crippen molar-refractivity contribution >= 4 is 38.3 Å². The Balaban J connectivity index is 1.83. The van der Waals surface area contributed by atoms with Crippen LogP contribution in [0.25, 0.3) is 10.2 Å².